The van der Waals surface area contributed by atoms with Gasteiger partial charge < -0.3 is 0 Å². The van der Waals surface area contributed by atoms with E-state index >= 15 is 0 Å². The van der Waals surface area contributed by atoms with Crippen molar-refractivity contribution in [2.45, 2.75) is 6.42 Å². The molecule has 4 aromatic carbocycles. The molecule has 0 nitrogen and oxygen atoms in total. The van der Waals surface area contributed by atoms with Crippen LogP contribution in [0.4, 0.5) is 0 Å². The highest BCUT2D eigenvalue weighted by Gasteiger charge is 2.10. The zero-order valence-corrected chi connectivity index (χ0v) is 16.1. The van der Waals surface area contributed by atoms with Crippen molar-refractivity contribution >= 4 is 34.0 Å². The van der Waals surface area contributed by atoms with Crippen molar-refractivity contribution in [3.05, 3.63) is 117 Å². The van der Waals surface area contributed by atoms with Crippen molar-refractivity contribution in [1.82, 2.24) is 0 Å². The Bertz CT molecular complexity index is 1150. The average Bonchev–Trinajstić information content (AvgIpc) is 2.71. The predicted molar refractivity (Wildman–Crippen MR) is 116 cm³/mol. The summed E-state index contributed by atoms with van der Waals surface area (Å²) in [7, 11) is 0. The topological polar surface area (TPSA) is 0 Å². The van der Waals surface area contributed by atoms with Crippen molar-refractivity contribution in [3.63, 3.8) is 0 Å². The van der Waals surface area contributed by atoms with E-state index < -0.39 is 0 Å². The van der Waals surface area contributed by atoms with E-state index in [1.807, 2.05) is 66.7 Å². The lowest BCUT2D eigenvalue weighted by Gasteiger charge is -2.10. The van der Waals surface area contributed by atoms with Gasteiger partial charge in [0, 0.05) is 21.9 Å². The zero-order chi connectivity index (χ0) is 18.6. The predicted octanol–water partition coefficient (Wildman–Crippen LogP) is 7.14. The lowest BCUT2D eigenvalue weighted by atomic mass is 9.99. The molecular formula is C25H16Cl2. The smallest absolute Gasteiger partial charge is 0.0641 e. The van der Waals surface area contributed by atoms with Crippen molar-refractivity contribution in [2.24, 2.45) is 0 Å². The van der Waals surface area contributed by atoms with Crippen LogP contribution in [0.2, 0.25) is 10.0 Å². The van der Waals surface area contributed by atoms with Crippen LogP contribution in [0.5, 0.6) is 0 Å². The minimum absolute atomic E-state index is 0.643. The van der Waals surface area contributed by atoms with E-state index in [0.29, 0.717) is 5.02 Å². The first-order valence-corrected chi connectivity index (χ1v) is 9.48. The van der Waals surface area contributed by atoms with E-state index in [9.17, 15) is 0 Å². The van der Waals surface area contributed by atoms with Gasteiger partial charge in [0.25, 0.3) is 0 Å². The van der Waals surface area contributed by atoms with Crippen LogP contribution in [-0.2, 0) is 6.42 Å². The van der Waals surface area contributed by atoms with E-state index in [-0.39, 0.29) is 0 Å². The van der Waals surface area contributed by atoms with Crippen molar-refractivity contribution in [3.8, 4) is 11.8 Å². The molecule has 0 heterocycles. The number of hydrogen-bond acceptors (Lipinski definition) is 0. The Kier molecular flexibility index (Phi) is 5.16. The molecule has 0 N–H and O–H groups in total. The van der Waals surface area contributed by atoms with Gasteiger partial charge in [-0.3, -0.25) is 0 Å². The maximum Gasteiger partial charge on any atom is 0.0641 e. The van der Waals surface area contributed by atoms with Crippen LogP contribution in [0.3, 0.4) is 0 Å². The molecule has 4 rings (SSSR count). The first-order valence-electron chi connectivity index (χ1n) is 8.73. The molecule has 27 heavy (non-hydrogen) atoms. The summed E-state index contributed by atoms with van der Waals surface area (Å²) >= 11 is 13.3. The summed E-state index contributed by atoms with van der Waals surface area (Å²) in [6, 6.07) is 28.2. The molecule has 0 spiro atoms. The molecule has 0 aliphatic heterocycles. The van der Waals surface area contributed by atoms with Crippen LogP contribution in [0.1, 0.15) is 22.3 Å². The Hall–Kier alpha value is -2.72. The van der Waals surface area contributed by atoms with Crippen molar-refractivity contribution < 1.29 is 0 Å². The number of rotatable bonds is 2. The SMILES string of the molecule is Clc1c(C#Cc2ccccc2)ccc2c(Cl)c(Cc3ccccc3)ccc12. The third-order valence-corrected chi connectivity index (χ3v) is 5.36. The Morgan fingerprint density at radius 2 is 1.22 bits per heavy atom. The molecule has 0 aliphatic carbocycles. The highest BCUT2D eigenvalue weighted by atomic mass is 35.5. The van der Waals surface area contributed by atoms with Crippen molar-refractivity contribution in [1.29, 1.82) is 0 Å². The van der Waals surface area contributed by atoms with Gasteiger partial charge >= 0.3 is 0 Å². The molecule has 4 aromatic rings. The monoisotopic (exact) mass is 386 g/mol. The lowest BCUT2D eigenvalue weighted by Crippen LogP contribution is -1.91. The summed E-state index contributed by atoms with van der Waals surface area (Å²) < 4.78 is 0. The van der Waals surface area contributed by atoms with Gasteiger partial charge in [0.1, 0.15) is 0 Å². The molecule has 2 heteroatoms. The molecule has 0 aromatic heterocycles. The maximum atomic E-state index is 6.69. The fourth-order valence-electron chi connectivity index (χ4n) is 3.09. The fourth-order valence-corrected chi connectivity index (χ4v) is 3.66. The number of benzene rings is 4. The van der Waals surface area contributed by atoms with Gasteiger partial charge in [0.05, 0.1) is 10.0 Å². The molecular weight excluding hydrogens is 371 g/mol. The molecule has 0 saturated carbocycles. The standard InChI is InChI=1S/C25H16Cl2/c26-24-20(12-11-18-7-3-1-4-8-18)13-15-23-22(24)16-14-21(25(23)27)17-19-9-5-2-6-10-19/h1-10,13-16H,17H2. The second-order valence-electron chi connectivity index (χ2n) is 6.34. The van der Waals surface area contributed by atoms with E-state index in [4.69, 9.17) is 23.2 Å². The fraction of sp³-hybridized carbons (Fsp3) is 0.0400. The first kappa shape index (κ1) is 17.7. The van der Waals surface area contributed by atoms with Crippen molar-refractivity contribution in [2.75, 3.05) is 0 Å². The number of fused-ring (bicyclic) bond motifs is 1. The molecule has 0 aliphatic rings. The van der Waals surface area contributed by atoms with Gasteiger partial charge in [0.2, 0.25) is 0 Å². The molecule has 0 saturated heterocycles. The Labute approximate surface area is 169 Å². The molecule has 0 unspecified atom stereocenters. The first-order chi connectivity index (χ1) is 13.2. The quantitative estimate of drug-likeness (QED) is 0.321. The highest BCUT2D eigenvalue weighted by molar-refractivity contribution is 6.40. The van der Waals surface area contributed by atoms with Gasteiger partial charge in [-0.15, -0.1) is 0 Å². The minimum Gasteiger partial charge on any atom is -0.0833 e. The van der Waals surface area contributed by atoms with E-state index in [0.717, 1.165) is 38.9 Å². The maximum absolute atomic E-state index is 6.69. The second kappa shape index (κ2) is 7.89. The van der Waals surface area contributed by atoms with Crippen LogP contribution in [0, 0.1) is 11.8 Å². The summed E-state index contributed by atoms with van der Waals surface area (Å²) in [5.41, 5.74) is 4.09. The van der Waals surface area contributed by atoms with Crippen LogP contribution < -0.4 is 0 Å². The van der Waals surface area contributed by atoms with Gasteiger partial charge in [-0.2, -0.15) is 0 Å². The lowest BCUT2D eigenvalue weighted by molar-refractivity contribution is 1.20. The van der Waals surface area contributed by atoms with Gasteiger partial charge in [-0.25, -0.2) is 0 Å². The minimum atomic E-state index is 0.643. The third kappa shape index (κ3) is 3.86. The summed E-state index contributed by atoms with van der Waals surface area (Å²) in [6.07, 6.45) is 0.794. The van der Waals surface area contributed by atoms with Crippen LogP contribution in [0.25, 0.3) is 10.8 Å². The van der Waals surface area contributed by atoms with Crippen LogP contribution in [-0.4, -0.2) is 0 Å². The molecule has 0 atom stereocenters. The third-order valence-electron chi connectivity index (χ3n) is 4.50. The van der Waals surface area contributed by atoms with Crippen LogP contribution >= 0.6 is 23.2 Å². The van der Waals surface area contributed by atoms with E-state index in [1.165, 1.54) is 5.56 Å². The molecule has 0 fully saturated rings. The highest BCUT2D eigenvalue weighted by Crippen LogP contribution is 2.34. The zero-order valence-electron chi connectivity index (χ0n) is 14.5. The van der Waals surface area contributed by atoms with Gasteiger partial charge in [-0.1, -0.05) is 102 Å². The Morgan fingerprint density at radius 3 is 1.96 bits per heavy atom. The normalized spacial score (nSPS) is 10.4. The van der Waals surface area contributed by atoms with E-state index in [1.54, 1.807) is 0 Å². The average molecular weight is 387 g/mol. The summed E-state index contributed by atoms with van der Waals surface area (Å²) in [6.45, 7) is 0. The summed E-state index contributed by atoms with van der Waals surface area (Å²) in [4.78, 5) is 0. The molecule has 0 radical (unpaired) electrons. The van der Waals surface area contributed by atoms with Gasteiger partial charge in [0.15, 0.2) is 0 Å². The summed E-state index contributed by atoms with van der Waals surface area (Å²) in [5, 5.41) is 3.28. The largest absolute Gasteiger partial charge is 0.0833 e. The second-order valence-corrected chi connectivity index (χ2v) is 7.10. The molecule has 0 amide bonds. The van der Waals surface area contributed by atoms with Gasteiger partial charge in [-0.05, 0) is 35.7 Å². The molecule has 130 valence electrons. The van der Waals surface area contributed by atoms with Crippen LogP contribution in [0.15, 0.2) is 84.9 Å². The Balaban J connectivity index is 1.72. The number of hydrogen-bond donors (Lipinski definition) is 0. The Morgan fingerprint density at radius 1 is 0.593 bits per heavy atom. The molecule has 0 bridgehead atoms. The van der Waals surface area contributed by atoms with E-state index in [2.05, 4.69) is 30.0 Å². The number of halogens is 2. The summed E-state index contributed by atoms with van der Waals surface area (Å²) in [5.74, 6) is 6.33.